The maximum atomic E-state index is 13.5. The van der Waals surface area contributed by atoms with Gasteiger partial charge in [-0.05, 0) is 100 Å². The number of esters is 4. The van der Waals surface area contributed by atoms with Crippen LogP contribution in [0.5, 0.6) is 11.5 Å². The number of ether oxygens (including phenoxy) is 6. The van der Waals surface area contributed by atoms with Crippen molar-refractivity contribution in [3.63, 3.8) is 0 Å². The summed E-state index contributed by atoms with van der Waals surface area (Å²) in [6, 6.07) is 0. The second-order valence-corrected chi connectivity index (χ2v) is 18.1. The first-order valence-corrected chi connectivity index (χ1v) is 22.3. The lowest BCUT2D eigenvalue weighted by atomic mass is 9.83. The van der Waals surface area contributed by atoms with E-state index in [1.807, 2.05) is 27.7 Å². The number of hydrogen-bond donors (Lipinski definition) is 0. The molecule has 0 aromatic heterocycles. The number of rotatable bonds is 23. The minimum atomic E-state index is -1.02. The SMILES string of the molecule is CCC(/C=C\C=C(/C=O)C(=O)Oc1c(C)c(C)c2c(c1C)CC[C@@](C)(CCC[C@H](C)CCC[C@H](C)CCCC(C)C)O2)C1OC(COC(C)=O)C(OC(C)=O)C1OC(C)=O. The van der Waals surface area contributed by atoms with Gasteiger partial charge in [-0.15, -0.1) is 0 Å². The van der Waals surface area contributed by atoms with Crippen molar-refractivity contribution in [3.8, 4) is 11.5 Å². The summed E-state index contributed by atoms with van der Waals surface area (Å²) in [4.78, 5) is 61.4. The first kappa shape index (κ1) is 50.4. The standard InChI is InChI=1S/C49H74O11/c1-13-39(45-47(57-38(11)53)46(56-37(10)52)42(58-45)29-55-36(9)51)23-16-24-40(28-50)48(54)59-43-33(6)34(7)44-41(35(43)8)25-27-49(12,60-44)26-17-22-32(5)21-15-20-31(4)19-14-18-30(2)3/h16,23-24,28,30-32,39,42,45-47H,13-15,17-22,25-27,29H2,1-12H3/b23-16-,40-24+/t31-,32-,39?,42?,45?,46?,47?,49-/m1/s1. The average molecular weight is 839 g/mol. The van der Waals surface area contributed by atoms with Crippen LogP contribution in [-0.4, -0.2) is 66.8 Å². The third-order valence-electron chi connectivity index (χ3n) is 12.3. The Labute approximate surface area is 359 Å². The largest absolute Gasteiger partial charge is 0.487 e. The zero-order chi connectivity index (χ0) is 44.7. The van der Waals surface area contributed by atoms with Crippen molar-refractivity contribution in [1.82, 2.24) is 0 Å². The van der Waals surface area contributed by atoms with Gasteiger partial charge in [-0.2, -0.15) is 0 Å². The predicted molar refractivity (Wildman–Crippen MR) is 232 cm³/mol. The van der Waals surface area contributed by atoms with Crippen molar-refractivity contribution in [3.05, 3.63) is 46.1 Å². The molecule has 11 nitrogen and oxygen atoms in total. The molecule has 3 rings (SSSR count). The molecule has 60 heavy (non-hydrogen) atoms. The van der Waals surface area contributed by atoms with Crippen LogP contribution in [0, 0.1) is 44.4 Å². The molecule has 11 heteroatoms. The van der Waals surface area contributed by atoms with E-state index in [1.54, 1.807) is 12.2 Å². The van der Waals surface area contributed by atoms with Gasteiger partial charge in [-0.25, -0.2) is 4.79 Å². The van der Waals surface area contributed by atoms with Gasteiger partial charge in [0.1, 0.15) is 35.9 Å². The summed E-state index contributed by atoms with van der Waals surface area (Å²) < 4.78 is 35.1. The number of carbonyl (C=O) groups excluding carboxylic acids is 5. The fourth-order valence-corrected chi connectivity index (χ4v) is 8.59. The Kier molecular flexibility index (Phi) is 20.0. The first-order chi connectivity index (χ1) is 28.3. The maximum Gasteiger partial charge on any atom is 0.346 e. The van der Waals surface area contributed by atoms with Crippen LogP contribution in [0.25, 0.3) is 0 Å². The molecule has 2 heterocycles. The Morgan fingerprint density at radius 1 is 0.817 bits per heavy atom. The van der Waals surface area contributed by atoms with Crippen LogP contribution in [-0.2, 0) is 49.3 Å². The molecule has 1 saturated heterocycles. The van der Waals surface area contributed by atoms with E-state index in [0.29, 0.717) is 24.4 Å². The molecule has 2 aliphatic heterocycles. The third kappa shape index (κ3) is 14.9. The van der Waals surface area contributed by atoms with Crippen molar-refractivity contribution < 1.29 is 52.4 Å². The molecule has 0 saturated carbocycles. The summed E-state index contributed by atoms with van der Waals surface area (Å²) in [5, 5.41) is 0. The quantitative estimate of drug-likeness (QED) is 0.0152. The lowest BCUT2D eigenvalue weighted by Gasteiger charge is -2.38. The normalized spacial score (nSPS) is 23.1. The second kappa shape index (κ2) is 23.9. The zero-order valence-electron chi connectivity index (χ0n) is 38.6. The van der Waals surface area contributed by atoms with Gasteiger partial charge in [-0.1, -0.05) is 91.7 Å². The number of hydrogen-bond acceptors (Lipinski definition) is 11. The Morgan fingerprint density at radius 2 is 1.42 bits per heavy atom. The van der Waals surface area contributed by atoms with Crippen LogP contribution in [0.4, 0.5) is 0 Å². The van der Waals surface area contributed by atoms with Gasteiger partial charge in [0.15, 0.2) is 18.5 Å². The lowest BCUT2D eigenvalue weighted by molar-refractivity contribution is -0.166. The molecule has 5 unspecified atom stereocenters. The van der Waals surface area contributed by atoms with Crippen molar-refractivity contribution in [2.75, 3.05) is 6.61 Å². The number of aldehydes is 1. The summed E-state index contributed by atoms with van der Waals surface area (Å²) in [7, 11) is 0. The smallest absolute Gasteiger partial charge is 0.346 e. The van der Waals surface area contributed by atoms with Gasteiger partial charge in [0.25, 0.3) is 0 Å². The highest BCUT2D eigenvalue weighted by Crippen LogP contribution is 2.45. The monoisotopic (exact) mass is 839 g/mol. The third-order valence-corrected chi connectivity index (χ3v) is 12.3. The molecule has 1 aromatic carbocycles. The van der Waals surface area contributed by atoms with Crippen LogP contribution in [0.3, 0.4) is 0 Å². The molecule has 336 valence electrons. The molecular formula is C49H74O11. The van der Waals surface area contributed by atoms with Gasteiger partial charge < -0.3 is 28.4 Å². The van der Waals surface area contributed by atoms with Crippen LogP contribution >= 0.6 is 0 Å². The van der Waals surface area contributed by atoms with Crippen molar-refractivity contribution in [2.45, 2.75) is 190 Å². The van der Waals surface area contributed by atoms with E-state index in [4.69, 9.17) is 28.4 Å². The number of fused-ring (bicyclic) bond motifs is 1. The molecule has 0 N–H and O–H groups in total. The highest BCUT2D eigenvalue weighted by molar-refractivity contribution is 6.08. The van der Waals surface area contributed by atoms with Crippen LogP contribution in [0.2, 0.25) is 0 Å². The number of carbonyl (C=O) groups is 5. The zero-order valence-corrected chi connectivity index (χ0v) is 38.6. The van der Waals surface area contributed by atoms with Gasteiger partial charge >= 0.3 is 23.9 Å². The molecule has 2 aliphatic rings. The second-order valence-electron chi connectivity index (χ2n) is 18.1. The molecule has 1 aromatic rings. The van der Waals surface area contributed by atoms with Gasteiger partial charge in [0.05, 0.1) is 5.57 Å². The average Bonchev–Trinajstić information content (AvgIpc) is 3.49. The molecule has 0 bridgehead atoms. The van der Waals surface area contributed by atoms with Gasteiger partial charge in [0.2, 0.25) is 0 Å². The van der Waals surface area contributed by atoms with E-state index >= 15 is 0 Å². The summed E-state index contributed by atoms with van der Waals surface area (Å²) >= 11 is 0. The van der Waals surface area contributed by atoms with E-state index in [9.17, 15) is 24.0 Å². The molecule has 0 aliphatic carbocycles. The van der Waals surface area contributed by atoms with Crippen molar-refractivity contribution in [1.29, 1.82) is 0 Å². The Balaban J connectivity index is 1.67. The minimum absolute atomic E-state index is 0.195. The van der Waals surface area contributed by atoms with E-state index in [2.05, 4.69) is 34.6 Å². The summed E-state index contributed by atoms with van der Waals surface area (Å²) in [6.07, 6.45) is 14.7. The van der Waals surface area contributed by atoms with E-state index < -0.39 is 54.2 Å². The summed E-state index contributed by atoms with van der Waals surface area (Å²) in [5.74, 6) is 0.601. The van der Waals surface area contributed by atoms with Crippen molar-refractivity contribution >= 4 is 30.2 Å². The summed E-state index contributed by atoms with van der Waals surface area (Å²) in [5.41, 5.74) is 3.07. The number of allylic oxidation sites excluding steroid dienone is 2. The first-order valence-electron chi connectivity index (χ1n) is 22.3. The Hall–Kier alpha value is -3.99. The molecular weight excluding hydrogens is 765 g/mol. The van der Waals surface area contributed by atoms with Crippen LogP contribution < -0.4 is 9.47 Å². The van der Waals surface area contributed by atoms with Crippen LogP contribution in [0.1, 0.15) is 155 Å². The van der Waals surface area contributed by atoms with Crippen LogP contribution in [0.15, 0.2) is 23.8 Å². The Bertz CT molecular complexity index is 1690. The molecule has 1 fully saturated rings. The fourth-order valence-electron chi connectivity index (χ4n) is 8.59. The maximum absolute atomic E-state index is 13.5. The van der Waals surface area contributed by atoms with E-state index in [0.717, 1.165) is 65.5 Å². The molecule has 8 atom stereocenters. The fraction of sp³-hybridized carbons (Fsp3) is 0.694. The summed E-state index contributed by atoms with van der Waals surface area (Å²) in [6.45, 7) is 22.8. The Morgan fingerprint density at radius 3 is 1.98 bits per heavy atom. The molecule has 0 radical (unpaired) electrons. The minimum Gasteiger partial charge on any atom is -0.487 e. The van der Waals surface area contributed by atoms with E-state index in [-0.39, 0.29) is 17.8 Å². The van der Waals surface area contributed by atoms with Crippen molar-refractivity contribution in [2.24, 2.45) is 23.7 Å². The topological polar surface area (TPSA) is 141 Å². The highest BCUT2D eigenvalue weighted by Gasteiger charge is 2.51. The van der Waals surface area contributed by atoms with Gasteiger partial charge in [-0.3, -0.25) is 19.2 Å². The van der Waals surface area contributed by atoms with Gasteiger partial charge in [0, 0.05) is 32.3 Å². The number of benzene rings is 1. The molecule has 0 spiro atoms. The highest BCUT2D eigenvalue weighted by atomic mass is 16.6. The predicted octanol–water partition coefficient (Wildman–Crippen LogP) is 9.94. The lowest BCUT2D eigenvalue weighted by Crippen LogP contribution is -2.42. The van der Waals surface area contributed by atoms with E-state index in [1.165, 1.54) is 71.8 Å². The molecule has 0 amide bonds.